The fourth-order valence-electron chi connectivity index (χ4n) is 1.49. The van der Waals surface area contributed by atoms with Crippen LogP contribution < -0.4 is 5.32 Å². The van der Waals surface area contributed by atoms with E-state index in [2.05, 4.69) is 5.32 Å². The van der Waals surface area contributed by atoms with Crippen molar-refractivity contribution in [2.24, 2.45) is 0 Å². The zero-order chi connectivity index (χ0) is 15.6. The van der Waals surface area contributed by atoms with E-state index in [1.165, 1.54) is 0 Å². The lowest BCUT2D eigenvalue weighted by molar-refractivity contribution is -0.141. The van der Waals surface area contributed by atoms with Crippen LogP contribution in [-0.4, -0.2) is 12.5 Å². The van der Waals surface area contributed by atoms with Gasteiger partial charge in [-0.05, 0) is 24.6 Å². The van der Waals surface area contributed by atoms with Gasteiger partial charge in [0.25, 0.3) is 5.91 Å². The Kier molecular flexibility index (Phi) is 4.67. The maximum atomic E-state index is 12.7. The van der Waals surface area contributed by atoms with Crippen LogP contribution in [-0.2, 0) is 12.4 Å². The van der Waals surface area contributed by atoms with Crippen molar-refractivity contribution in [1.29, 1.82) is 0 Å². The molecule has 2 nitrogen and oxygen atoms in total. The topological polar surface area (TPSA) is 29.1 Å². The van der Waals surface area contributed by atoms with E-state index in [4.69, 9.17) is 0 Å². The Morgan fingerprint density at radius 1 is 1.10 bits per heavy atom. The Bertz CT molecular complexity index is 492. The Hall–Kier alpha value is -1.73. The van der Waals surface area contributed by atoms with Gasteiger partial charge < -0.3 is 5.32 Å². The molecule has 20 heavy (non-hydrogen) atoms. The number of halogens is 6. The van der Waals surface area contributed by atoms with Crippen LogP contribution >= 0.6 is 0 Å². The van der Waals surface area contributed by atoms with Gasteiger partial charge in [0.2, 0.25) is 0 Å². The van der Waals surface area contributed by atoms with E-state index in [9.17, 15) is 31.1 Å². The molecule has 1 aromatic carbocycles. The van der Waals surface area contributed by atoms with E-state index in [1.807, 2.05) is 0 Å². The molecule has 1 N–H and O–H groups in total. The largest absolute Gasteiger partial charge is 0.417 e. The maximum absolute atomic E-state index is 12.7. The minimum Gasteiger partial charge on any atom is -0.352 e. The summed E-state index contributed by atoms with van der Waals surface area (Å²) in [4.78, 5) is 11.6. The maximum Gasteiger partial charge on any atom is 0.417 e. The van der Waals surface area contributed by atoms with Gasteiger partial charge in [0, 0.05) is 6.54 Å². The van der Waals surface area contributed by atoms with E-state index in [-0.39, 0.29) is 18.7 Å². The third-order valence-electron chi connectivity index (χ3n) is 2.43. The predicted octanol–water partition coefficient (Wildman–Crippen LogP) is 3.86. The second kappa shape index (κ2) is 5.72. The molecule has 0 aliphatic carbocycles. The zero-order valence-electron chi connectivity index (χ0n) is 10.3. The Morgan fingerprint density at radius 2 is 1.70 bits per heavy atom. The van der Waals surface area contributed by atoms with Gasteiger partial charge >= 0.3 is 12.4 Å². The predicted molar refractivity (Wildman–Crippen MR) is 59.1 cm³/mol. The third kappa shape index (κ3) is 3.88. The van der Waals surface area contributed by atoms with Gasteiger partial charge in [0.15, 0.2) is 0 Å². The number of amides is 1. The normalized spacial score (nSPS) is 12.3. The van der Waals surface area contributed by atoms with Gasteiger partial charge in [-0.2, -0.15) is 26.3 Å². The summed E-state index contributed by atoms with van der Waals surface area (Å²) in [6.07, 6.45) is -9.26. The molecule has 0 saturated heterocycles. The van der Waals surface area contributed by atoms with Gasteiger partial charge in [-0.15, -0.1) is 0 Å². The Labute approximate surface area is 110 Å². The van der Waals surface area contributed by atoms with Crippen LogP contribution in [0.1, 0.15) is 34.8 Å². The molecule has 0 atom stereocenters. The molecule has 0 unspecified atom stereocenters. The molecule has 1 aromatic rings. The molecule has 112 valence electrons. The van der Waals surface area contributed by atoms with Crippen LogP contribution in [0.2, 0.25) is 0 Å². The number of rotatable bonds is 3. The van der Waals surface area contributed by atoms with Crippen molar-refractivity contribution in [2.45, 2.75) is 25.7 Å². The smallest absolute Gasteiger partial charge is 0.352 e. The van der Waals surface area contributed by atoms with Crippen molar-refractivity contribution >= 4 is 5.91 Å². The number of carbonyl (C=O) groups is 1. The van der Waals surface area contributed by atoms with Crippen LogP contribution in [0.4, 0.5) is 26.3 Å². The van der Waals surface area contributed by atoms with Crippen molar-refractivity contribution in [2.75, 3.05) is 6.54 Å². The van der Waals surface area contributed by atoms with Crippen molar-refractivity contribution in [3.63, 3.8) is 0 Å². The van der Waals surface area contributed by atoms with Gasteiger partial charge in [-0.25, -0.2) is 0 Å². The first-order valence-corrected chi connectivity index (χ1v) is 5.64. The molecule has 0 aromatic heterocycles. The first-order chi connectivity index (χ1) is 9.07. The average molecular weight is 299 g/mol. The molecule has 1 rings (SSSR count). The van der Waals surface area contributed by atoms with E-state index < -0.39 is 35.0 Å². The fraction of sp³-hybridized carbons (Fsp3) is 0.417. The molecule has 1 amide bonds. The lowest BCUT2D eigenvalue weighted by Gasteiger charge is -2.15. The van der Waals surface area contributed by atoms with E-state index in [0.717, 1.165) is 0 Å². The van der Waals surface area contributed by atoms with E-state index >= 15 is 0 Å². The van der Waals surface area contributed by atoms with Crippen LogP contribution in [0.15, 0.2) is 18.2 Å². The molecular formula is C12H11F6NO. The minimum absolute atomic E-state index is 0.0758. The highest BCUT2D eigenvalue weighted by Gasteiger charge is 2.38. The molecular weight excluding hydrogens is 288 g/mol. The molecule has 0 spiro atoms. The molecule has 0 radical (unpaired) electrons. The number of benzene rings is 1. The minimum atomic E-state index is -4.90. The van der Waals surface area contributed by atoms with Crippen molar-refractivity contribution in [3.8, 4) is 0 Å². The first kappa shape index (κ1) is 16.3. The summed E-state index contributed by atoms with van der Waals surface area (Å²) in [5, 5.41) is 2.13. The van der Waals surface area contributed by atoms with Gasteiger partial charge in [0.05, 0.1) is 16.7 Å². The second-order valence-electron chi connectivity index (χ2n) is 4.01. The highest BCUT2D eigenvalue weighted by atomic mass is 19.4. The summed E-state index contributed by atoms with van der Waals surface area (Å²) < 4.78 is 75.6. The Balaban J connectivity index is 3.31. The number of alkyl halides is 6. The highest BCUT2D eigenvalue weighted by Crippen LogP contribution is 2.36. The van der Waals surface area contributed by atoms with Crippen molar-refractivity contribution < 1.29 is 31.1 Å². The standard InChI is InChI=1S/C12H11F6NO/c1-2-5-19-10(20)8-6-7(11(13,14)15)3-4-9(8)12(16,17)18/h3-4,6H,2,5H2,1H3,(H,19,20). The molecule has 0 saturated carbocycles. The highest BCUT2D eigenvalue weighted by molar-refractivity contribution is 5.96. The lowest BCUT2D eigenvalue weighted by Crippen LogP contribution is -2.27. The lowest BCUT2D eigenvalue weighted by atomic mass is 10.0. The fourth-order valence-corrected chi connectivity index (χ4v) is 1.49. The number of hydrogen-bond acceptors (Lipinski definition) is 1. The summed E-state index contributed by atoms with van der Waals surface area (Å²) in [6.45, 7) is 1.74. The van der Waals surface area contributed by atoms with Crippen LogP contribution in [0.3, 0.4) is 0 Å². The molecule has 0 heterocycles. The number of carbonyl (C=O) groups excluding carboxylic acids is 1. The van der Waals surface area contributed by atoms with E-state index in [0.29, 0.717) is 12.5 Å². The van der Waals surface area contributed by atoms with Crippen LogP contribution in [0.5, 0.6) is 0 Å². The molecule has 0 aliphatic heterocycles. The quantitative estimate of drug-likeness (QED) is 0.844. The molecule has 8 heteroatoms. The van der Waals surface area contributed by atoms with Crippen LogP contribution in [0.25, 0.3) is 0 Å². The van der Waals surface area contributed by atoms with Gasteiger partial charge in [-0.1, -0.05) is 6.92 Å². The van der Waals surface area contributed by atoms with Crippen molar-refractivity contribution in [1.82, 2.24) is 5.32 Å². The number of nitrogens with one attached hydrogen (secondary N) is 1. The summed E-state index contributed by atoms with van der Waals surface area (Å²) in [6, 6.07) is 0.789. The summed E-state index contributed by atoms with van der Waals surface area (Å²) in [7, 11) is 0. The molecule has 0 bridgehead atoms. The number of hydrogen-bond donors (Lipinski definition) is 1. The van der Waals surface area contributed by atoms with E-state index in [1.54, 1.807) is 6.92 Å². The monoisotopic (exact) mass is 299 g/mol. The second-order valence-corrected chi connectivity index (χ2v) is 4.01. The average Bonchev–Trinajstić information content (AvgIpc) is 2.33. The van der Waals surface area contributed by atoms with Crippen LogP contribution in [0, 0.1) is 0 Å². The van der Waals surface area contributed by atoms with Crippen molar-refractivity contribution in [3.05, 3.63) is 34.9 Å². The third-order valence-corrected chi connectivity index (χ3v) is 2.43. The first-order valence-electron chi connectivity index (χ1n) is 5.64. The van der Waals surface area contributed by atoms with Gasteiger partial charge in [-0.3, -0.25) is 4.79 Å². The summed E-state index contributed by atoms with van der Waals surface area (Å²) >= 11 is 0. The SMILES string of the molecule is CCCNC(=O)c1cc(C(F)(F)F)ccc1C(F)(F)F. The molecule has 0 fully saturated rings. The summed E-state index contributed by atoms with van der Waals surface area (Å²) in [5.74, 6) is -1.18. The Morgan fingerprint density at radius 3 is 2.15 bits per heavy atom. The zero-order valence-corrected chi connectivity index (χ0v) is 10.3. The summed E-state index contributed by atoms with van der Waals surface area (Å²) in [5.41, 5.74) is -3.72. The van der Waals surface area contributed by atoms with Gasteiger partial charge in [0.1, 0.15) is 0 Å². The molecule has 0 aliphatic rings.